The lowest BCUT2D eigenvalue weighted by atomic mass is 10.2. The van der Waals surface area contributed by atoms with Crippen molar-refractivity contribution in [3.8, 4) is 11.4 Å². The molecule has 0 atom stereocenters. The van der Waals surface area contributed by atoms with Gasteiger partial charge in [0.05, 0.1) is 0 Å². The molecule has 0 spiro atoms. The first kappa shape index (κ1) is 17.2. The number of amides is 1. The lowest BCUT2D eigenvalue weighted by Crippen LogP contribution is -2.12. The highest BCUT2D eigenvalue weighted by atomic mass is 32.2. The van der Waals surface area contributed by atoms with E-state index in [9.17, 15) is 9.18 Å². The number of hydrogen-bond acceptors (Lipinski definition) is 4. The van der Waals surface area contributed by atoms with Crippen molar-refractivity contribution >= 4 is 23.4 Å². The molecular weight excluding hydrogens is 339 g/mol. The second-order valence-corrected chi connectivity index (χ2v) is 6.45. The summed E-state index contributed by atoms with van der Waals surface area (Å²) in [5.74, 6) is 0.918. The molecule has 3 rings (SSSR count). The first-order valence-corrected chi connectivity index (χ1v) is 8.75. The van der Waals surface area contributed by atoms with E-state index in [1.54, 1.807) is 0 Å². The molecule has 128 valence electrons. The highest BCUT2D eigenvalue weighted by Crippen LogP contribution is 2.22. The van der Waals surface area contributed by atoms with Crippen LogP contribution in [0.15, 0.2) is 59.8 Å². The molecule has 0 fully saturated rings. The van der Waals surface area contributed by atoms with Crippen LogP contribution in [-0.2, 0) is 11.8 Å². The molecule has 1 amide bonds. The van der Waals surface area contributed by atoms with Crippen LogP contribution in [0, 0.1) is 5.82 Å². The number of carbonyl (C=O) groups excluding carboxylic acids is 1. The Morgan fingerprint density at radius 2 is 1.84 bits per heavy atom. The normalized spacial score (nSPS) is 10.6. The number of thioether (sulfide) groups is 1. The van der Waals surface area contributed by atoms with Gasteiger partial charge >= 0.3 is 0 Å². The van der Waals surface area contributed by atoms with Crippen molar-refractivity contribution in [2.75, 3.05) is 11.1 Å². The average Bonchev–Trinajstić information content (AvgIpc) is 2.99. The van der Waals surface area contributed by atoms with Crippen LogP contribution in [0.1, 0.15) is 6.42 Å². The number of anilines is 1. The van der Waals surface area contributed by atoms with E-state index in [2.05, 4.69) is 15.5 Å². The molecule has 0 saturated heterocycles. The van der Waals surface area contributed by atoms with Gasteiger partial charge in [-0.2, -0.15) is 0 Å². The third-order valence-electron chi connectivity index (χ3n) is 3.56. The maximum absolute atomic E-state index is 12.8. The smallest absolute Gasteiger partial charge is 0.225 e. The Hall–Kier alpha value is -2.67. The summed E-state index contributed by atoms with van der Waals surface area (Å²) >= 11 is 1.47. The van der Waals surface area contributed by atoms with E-state index in [1.807, 2.05) is 41.9 Å². The standard InChI is InChI=1S/C18H17FN4OS/c1-23-17(13-5-3-2-4-6-13)21-22-18(23)25-12-11-16(24)20-15-9-7-14(19)8-10-15/h2-10H,11-12H2,1H3,(H,20,24). The van der Waals surface area contributed by atoms with Crippen LogP contribution in [0.4, 0.5) is 10.1 Å². The van der Waals surface area contributed by atoms with Crippen molar-refractivity contribution in [3.05, 3.63) is 60.4 Å². The molecule has 0 radical (unpaired) electrons. The molecule has 1 aromatic heterocycles. The maximum atomic E-state index is 12.8. The van der Waals surface area contributed by atoms with Crippen LogP contribution in [0.3, 0.4) is 0 Å². The van der Waals surface area contributed by atoms with Crippen LogP contribution >= 0.6 is 11.8 Å². The Morgan fingerprint density at radius 3 is 2.56 bits per heavy atom. The zero-order valence-electron chi connectivity index (χ0n) is 13.6. The van der Waals surface area contributed by atoms with Crippen LogP contribution in [0.5, 0.6) is 0 Å². The zero-order valence-corrected chi connectivity index (χ0v) is 14.5. The van der Waals surface area contributed by atoms with Crippen LogP contribution in [-0.4, -0.2) is 26.4 Å². The van der Waals surface area contributed by atoms with E-state index < -0.39 is 0 Å². The van der Waals surface area contributed by atoms with Gasteiger partial charge in [0.1, 0.15) is 5.82 Å². The van der Waals surface area contributed by atoms with Crippen LogP contribution < -0.4 is 5.32 Å². The van der Waals surface area contributed by atoms with E-state index in [4.69, 9.17) is 0 Å². The molecule has 0 aliphatic carbocycles. The fourth-order valence-electron chi connectivity index (χ4n) is 2.27. The summed E-state index contributed by atoms with van der Waals surface area (Å²) in [6.45, 7) is 0. The monoisotopic (exact) mass is 356 g/mol. The summed E-state index contributed by atoms with van der Waals surface area (Å²) in [6.07, 6.45) is 0.329. The Bertz CT molecular complexity index is 849. The molecule has 0 bridgehead atoms. The number of benzene rings is 2. The zero-order chi connectivity index (χ0) is 17.6. The van der Waals surface area contributed by atoms with Gasteiger partial charge in [0.25, 0.3) is 0 Å². The molecule has 1 heterocycles. The minimum atomic E-state index is -0.329. The Balaban J connectivity index is 1.53. The van der Waals surface area contributed by atoms with Crippen LogP contribution in [0.2, 0.25) is 0 Å². The summed E-state index contributed by atoms with van der Waals surface area (Å²) in [7, 11) is 1.91. The number of carbonyl (C=O) groups is 1. The SMILES string of the molecule is Cn1c(SCCC(=O)Nc2ccc(F)cc2)nnc1-c1ccccc1. The molecule has 3 aromatic rings. The predicted octanol–water partition coefficient (Wildman–Crippen LogP) is 3.74. The van der Waals surface area contributed by atoms with Gasteiger partial charge < -0.3 is 9.88 Å². The second kappa shape index (κ2) is 7.94. The Morgan fingerprint density at radius 1 is 1.12 bits per heavy atom. The van der Waals surface area contributed by atoms with E-state index >= 15 is 0 Å². The lowest BCUT2D eigenvalue weighted by molar-refractivity contribution is -0.115. The number of aromatic nitrogens is 3. The van der Waals surface area contributed by atoms with Crippen molar-refractivity contribution in [3.63, 3.8) is 0 Å². The molecular formula is C18H17FN4OS. The minimum Gasteiger partial charge on any atom is -0.326 e. The van der Waals surface area contributed by atoms with Crippen molar-refractivity contribution in [2.24, 2.45) is 7.05 Å². The van der Waals surface area contributed by atoms with Gasteiger partial charge in [-0.05, 0) is 24.3 Å². The summed E-state index contributed by atoms with van der Waals surface area (Å²) in [4.78, 5) is 11.9. The van der Waals surface area contributed by atoms with Gasteiger partial charge in [0.15, 0.2) is 11.0 Å². The quantitative estimate of drug-likeness (QED) is 0.684. The molecule has 25 heavy (non-hydrogen) atoms. The number of halogens is 1. The summed E-state index contributed by atoms with van der Waals surface area (Å²) in [5, 5.41) is 11.9. The van der Waals surface area contributed by atoms with E-state index in [-0.39, 0.29) is 11.7 Å². The number of rotatable bonds is 6. The summed E-state index contributed by atoms with van der Waals surface area (Å²) in [6, 6.07) is 15.5. The van der Waals surface area contributed by atoms with Crippen molar-refractivity contribution in [2.45, 2.75) is 11.6 Å². The third kappa shape index (κ3) is 4.45. The topological polar surface area (TPSA) is 59.8 Å². The fourth-order valence-corrected chi connectivity index (χ4v) is 3.12. The number of nitrogens with one attached hydrogen (secondary N) is 1. The van der Waals surface area contributed by atoms with Gasteiger partial charge in [-0.15, -0.1) is 10.2 Å². The number of nitrogens with zero attached hydrogens (tertiary/aromatic N) is 3. The molecule has 7 heteroatoms. The molecule has 5 nitrogen and oxygen atoms in total. The van der Waals surface area contributed by atoms with Gasteiger partial charge in [-0.25, -0.2) is 4.39 Å². The molecule has 0 unspecified atom stereocenters. The van der Waals surface area contributed by atoms with E-state index in [0.717, 1.165) is 16.5 Å². The summed E-state index contributed by atoms with van der Waals surface area (Å²) in [5.41, 5.74) is 1.58. The second-order valence-electron chi connectivity index (χ2n) is 5.38. The molecule has 0 aliphatic rings. The van der Waals surface area contributed by atoms with Gasteiger partial charge in [-0.1, -0.05) is 42.1 Å². The van der Waals surface area contributed by atoms with Gasteiger partial charge in [0.2, 0.25) is 5.91 Å². The van der Waals surface area contributed by atoms with E-state index in [0.29, 0.717) is 17.9 Å². The van der Waals surface area contributed by atoms with Gasteiger partial charge in [-0.3, -0.25) is 4.79 Å². The fraction of sp³-hybridized carbons (Fsp3) is 0.167. The van der Waals surface area contributed by atoms with Crippen molar-refractivity contribution < 1.29 is 9.18 Å². The molecule has 0 saturated carbocycles. The molecule has 2 aromatic carbocycles. The number of hydrogen-bond donors (Lipinski definition) is 1. The van der Waals surface area contributed by atoms with Gasteiger partial charge in [0, 0.05) is 30.5 Å². The molecule has 0 aliphatic heterocycles. The van der Waals surface area contributed by atoms with Crippen molar-refractivity contribution in [1.82, 2.24) is 14.8 Å². The van der Waals surface area contributed by atoms with Crippen LogP contribution in [0.25, 0.3) is 11.4 Å². The minimum absolute atomic E-state index is 0.121. The maximum Gasteiger partial charge on any atom is 0.225 e. The first-order valence-electron chi connectivity index (χ1n) is 7.76. The average molecular weight is 356 g/mol. The largest absolute Gasteiger partial charge is 0.326 e. The Labute approximate surface area is 149 Å². The lowest BCUT2D eigenvalue weighted by Gasteiger charge is -2.05. The van der Waals surface area contributed by atoms with Crippen molar-refractivity contribution in [1.29, 1.82) is 0 Å². The third-order valence-corrected chi connectivity index (χ3v) is 4.58. The first-order chi connectivity index (χ1) is 12.1. The highest BCUT2D eigenvalue weighted by molar-refractivity contribution is 7.99. The highest BCUT2D eigenvalue weighted by Gasteiger charge is 2.11. The Kier molecular flexibility index (Phi) is 5.45. The predicted molar refractivity (Wildman–Crippen MR) is 96.8 cm³/mol. The summed E-state index contributed by atoms with van der Waals surface area (Å²) < 4.78 is 14.8. The van der Waals surface area contributed by atoms with E-state index in [1.165, 1.54) is 36.0 Å². The molecule has 1 N–H and O–H groups in total.